The maximum Gasteiger partial charge on any atom is 0.329 e. The number of amides is 3. The van der Waals surface area contributed by atoms with E-state index in [1.54, 1.807) is 24.3 Å². The molecule has 2 rings (SSSR count). The molecular formula is C20H19ClN4O4. The van der Waals surface area contributed by atoms with Crippen LogP contribution in [0.25, 0.3) is 0 Å². The van der Waals surface area contributed by atoms with Crippen molar-refractivity contribution in [2.75, 3.05) is 5.32 Å². The number of urea groups is 1. The lowest BCUT2D eigenvalue weighted by Gasteiger charge is -2.20. The van der Waals surface area contributed by atoms with Gasteiger partial charge in [-0.3, -0.25) is 4.79 Å². The van der Waals surface area contributed by atoms with Gasteiger partial charge in [-0.1, -0.05) is 41.9 Å². The number of nitrogens with one attached hydrogen (secondary N) is 2. The Bertz CT molecular complexity index is 943. The zero-order valence-electron chi connectivity index (χ0n) is 15.5. The predicted octanol–water partition coefficient (Wildman–Crippen LogP) is 2.36. The lowest BCUT2D eigenvalue weighted by atomic mass is 10.1. The van der Waals surface area contributed by atoms with Gasteiger partial charge in [0.25, 0.3) is 5.91 Å². The van der Waals surface area contributed by atoms with E-state index in [1.165, 1.54) is 25.1 Å². The van der Waals surface area contributed by atoms with Gasteiger partial charge in [0, 0.05) is 12.1 Å². The maximum absolute atomic E-state index is 12.5. The minimum atomic E-state index is -1.15. The second-order valence-electron chi connectivity index (χ2n) is 6.13. The largest absolute Gasteiger partial charge is 0.451 e. The molecule has 9 heteroatoms. The number of ether oxygens (including phenoxy) is 1. The number of nitrogens with zero attached hydrogens (tertiary/aromatic N) is 1. The van der Waals surface area contributed by atoms with Crippen LogP contribution in [0, 0.1) is 11.3 Å². The number of anilines is 1. The molecule has 0 bridgehead atoms. The molecule has 3 amide bonds. The Balaban J connectivity index is 2.02. The van der Waals surface area contributed by atoms with E-state index in [4.69, 9.17) is 27.3 Å². The van der Waals surface area contributed by atoms with Crippen LogP contribution in [-0.2, 0) is 20.7 Å². The highest BCUT2D eigenvalue weighted by Gasteiger charge is 2.26. The Morgan fingerprint density at radius 3 is 2.48 bits per heavy atom. The van der Waals surface area contributed by atoms with Gasteiger partial charge in [0.05, 0.1) is 10.6 Å². The number of benzene rings is 2. The second-order valence-corrected chi connectivity index (χ2v) is 6.53. The van der Waals surface area contributed by atoms with Crippen LogP contribution < -0.4 is 16.4 Å². The van der Waals surface area contributed by atoms with E-state index in [0.29, 0.717) is 5.69 Å². The summed E-state index contributed by atoms with van der Waals surface area (Å²) in [5, 5.41) is 13.9. The zero-order valence-corrected chi connectivity index (χ0v) is 16.3. The Morgan fingerprint density at radius 1 is 1.21 bits per heavy atom. The minimum Gasteiger partial charge on any atom is -0.451 e. The summed E-state index contributed by atoms with van der Waals surface area (Å²) >= 11 is 5.93. The SMILES string of the molecule is C[C@@H](OC(=O)[C@H](Cc1ccccc1)NC(N)=O)C(=O)Nc1ccc(C#N)c(Cl)c1. The summed E-state index contributed by atoms with van der Waals surface area (Å²) in [5.74, 6) is -1.40. The third kappa shape index (κ3) is 6.52. The van der Waals surface area contributed by atoms with E-state index >= 15 is 0 Å². The fraction of sp³-hybridized carbons (Fsp3) is 0.200. The number of hydrogen-bond donors (Lipinski definition) is 3. The highest BCUT2D eigenvalue weighted by atomic mass is 35.5. The van der Waals surface area contributed by atoms with Gasteiger partial charge in [0.15, 0.2) is 6.10 Å². The molecule has 2 atom stereocenters. The van der Waals surface area contributed by atoms with Gasteiger partial charge in [-0.2, -0.15) is 5.26 Å². The van der Waals surface area contributed by atoms with E-state index < -0.39 is 30.1 Å². The molecule has 2 aromatic rings. The van der Waals surface area contributed by atoms with Crippen molar-refractivity contribution in [3.05, 3.63) is 64.7 Å². The lowest BCUT2D eigenvalue weighted by Crippen LogP contribution is -2.47. The highest BCUT2D eigenvalue weighted by molar-refractivity contribution is 6.32. The van der Waals surface area contributed by atoms with E-state index in [1.807, 2.05) is 12.1 Å². The molecule has 0 unspecified atom stereocenters. The van der Waals surface area contributed by atoms with E-state index in [2.05, 4.69) is 10.6 Å². The van der Waals surface area contributed by atoms with Gasteiger partial charge in [-0.25, -0.2) is 9.59 Å². The monoisotopic (exact) mass is 414 g/mol. The van der Waals surface area contributed by atoms with Gasteiger partial charge in [0.1, 0.15) is 12.1 Å². The lowest BCUT2D eigenvalue weighted by molar-refractivity contribution is -0.155. The zero-order chi connectivity index (χ0) is 21.4. The van der Waals surface area contributed by atoms with E-state index in [-0.39, 0.29) is 17.0 Å². The van der Waals surface area contributed by atoms with Gasteiger partial charge >= 0.3 is 12.0 Å². The topological polar surface area (TPSA) is 134 Å². The maximum atomic E-state index is 12.5. The van der Waals surface area contributed by atoms with Crippen LogP contribution in [0.2, 0.25) is 5.02 Å². The van der Waals surface area contributed by atoms with Crippen LogP contribution in [0.3, 0.4) is 0 Å². The summed E-state index contributed by atoms with van der Waals surface area (Å²) in [6.07, 6.45) is -0.993. The number of nitriles is 1. The van der Waals surface area contributed by atoms with Crippen LogP contribution >= 0.6 is 11.6 Å². The molecule has 0 radical (unpaired) electrons. The molecule has 0 saturated carbocycles. The first-order chi connectivity index (χ1) is 13.8. The van der Waals surface area contributed by atoms with Crippen LogP contribution in [-0.4, -0.2) is 30.1 Å². The molecule has 0 spiro atoms. The number of nitrogens with two attached hydrogens (primary N) is 1. The fourth-order valence-corrected chi connectivity index (χ4v) is 2.67. The quantitative estimate of drug-likeness (QED) is 0.598. The number of halogens is 1. The fourth-order valence-electron chi connectivity index (χ4n) is 2.45. The Labute approximate surface area is 172 Å². The summed E-state index contributed by atoms with van der Waals surface area (Å²) in [6, 6.07) is 13.3. The molecule has 29 heavy (non-hydrogen) atoms. The summed E-state index contributed by atoms with van der Waals surface area (Å²) < 4.78 is 5.19. The van der Waals surface area contributed by atoms with Crippen molar-refractivity contribution in [1.29, 1.82) is 5.26 Å². The standard InChI is InChI=1S/C20H19ClN4O4/c1-12(18(26)24-15-8-7-14(11-22)16(21)10-15)29-19(27)17(25-20(23)28)9-13-5-3-2-4-6-13/h2-8,10,12,17H,9H2,1H3,(H,24,26)(H3,23,25,28)/t12-,17+/m1/s1. The van der Waals surface area contributed by atoms with Gasteiger partial charge < -0.3 is 21.1 Å². The molecule has 0 aliphatic heterocycles. The number of rotatable bonds is 7. The van der Waals surface area contributed by atoms with Crippen LogP contribution in [0.4, 0.5) is 10.5 Å². The van der Waals surface area contributed by atoms with E-state index in [9.17, 15) is 14.4 Å². The molecule has 150 valence electrons. The molecule has 0 aromatic heterocycles. The molecule has 4 N–H and O–H groups in total. The molecule has 0 aliphatic carbocycles. The van der Waals surface area contributed by atoms with Crippen LogP contribution in [0.1, 0.15) is 18.1 Å². The number of esters is 1. The van der Waals surface area contributed by atoms with Crippen molar-refractivity contribution in [1.82, 2.24) is 5.32 Å². The first-order valence-electron chi connectivity index (χ1n) is 8.61. The summed E-state index contributed by atoms with van der Waals surface area (Å²) in [7, 11) is 0. The number of hydrogen-bond acceptors (Lipinski definition) is 5. The van der Waals surface area contributed by atoms with E-state index in [0.717, 1.165) is 5.56 Å². The summed E-state index contributed by atoms with van der Waals surface area (Å²) in [5.41, 5.74) is 6.54. The Kier molecular flexibility index (Phi) is 7.57. The van der Waals surface area contributed by atoms with Crippen molar-refractivity contribution in [2.45, 2.75) is 25.5 Å². The molecule has 0 fully saturated rings. The van der Waals surface area contributed by atoms with Gasteiger partial charge in [-0.05, 0) is 30.7 Å². The third-order valence-electron chi connectivity index (χ3n) is 3.90. The Morgan fingerprint density at radius 2 is 1.90 bits per heavy atom. The molecule has 0 aliphatic rings. The highest BCUT2D eigenvalue weighted by Crippen LogP contribution is 2.20. The number of primary amides is 1. The average molecular weight is 415 g/mol. The van der Waals surface area contributed by atoms with Gasteiger partial charge in [0.2, 0.25) is 0 Å². The van der Waals surface area contributed by atoms with Gasteiger partial charge in [-0.15, -0.1) is 0 Å². The van der Waals surface area contributed by atoms with Crippen molar-refractivity contribution >= 4 is 35.2 Å². The molecule has 0 heterocycles. The van der Waals surface area contributed by atoms with Crippen LogP contribution in [0.15, 0.2) is 48.5 Å². The van der Waals surface area contributed by atoms with Crippen molar-refractivity contribution < 1.29 is 19.1 Å². The average Bonchev–Trinajstić information content (AvgIpc) is 2.68. The predicted molar refractivity (Wildman–Crippen MR) is 107 cm³/mol. The molecule has 2 aromatic carbocycles. The first kappa shape index (κ1) is 21.7. The number of carbonyl (C=O) groups excluding carboxylic acids is 3. The van der Waals surface area contributed by atoms with Crippen molar-refractivity contribution in [2.24, 2.45) is 5.73 Å². The van der Waals surface area contributed by atoms with Crippen molar-refractivity contribution in [3.8, 4) is 6.07 Å². The summed E-state index contributed by atoms with van der Waals surface area (Å²) in [6.45, 7) is 1.39. The molecule has 8 nitrogen and oxygen atoms in total. The van der Waals surface area contributed by atoms with Crippen molar-refractivity contribution in [3.63, 3.8) is 0 Å². The normalized spacial score (nSPS) is 12.2. The summed E-state index contributed by atoms with van der Waals surface area (Å²) in [4.78, 5) is 36.0. The molecule has 0 saturated heterocycles. The molecular weight excluding hydrogens is 396 g/mol. The second kappa shape index (κ2) is 10.1. The van der Waals surface area contributed by atoms with Crippen LogP contribution in [0.5, 0.6) is 0 Å². The Hall–Kier alpha value is -3.57. The number of carbonyl (C=O) groups is 3. The smallest absolute Gasteiger partial charge is 0.329 e. The minimum absolute atomic E-state index is 0.155. The first-order valence-corrected chi connectivity index (χ1v) is 8.99. The third-order valence-corrected chi connectivity index (χ3v) is 4.22.